The van der Waals surface area contributed by atoms with Gasteiger partial charge >= 0.3 is 0 Å². The zero-order chi connectivity index (χ0) is 37.3. The van der Waals surface area contributed by atoms with Crippen LogP contribution in [0.25, 0.3) is 44.5 Å². The average molecular weight is 714 g/mol. The van der Waals surface area contributed by atoms with Crippen LogP contribution in [-0.4, -0.2) is 0 Å². The molecule has 0 aromatic heterocycles. The first kappa shape index (κ1) is 33.4. The minimum atomic E-state index is -0.506. The van der Waals surface area contributed by atoms with E-state index in [1.165, 1.54) is 66.8 Å². The molecule has 0 heterocycles. The molecule has 9 aromatic carbocycles. The first-order valence-electron chi connectivity index (χ1n) is 19.3. The Morgan fingerprint density at radius 2 is 0.714 bits per heavy atom. The van der Waals surface area contributed by atoms with Crippen LogP contribution >= 0.6 is 0 Å². The molecule has 0 bridgehead atoms. The SMILES string of the molecule is c1ccc(-c2ccc(N(c3cc(-c4ccccc4)cc(-c4ccccc4)c3)c3cccc4c3-c3ccccc3C4(c3ccccc3)c3ccccc3)cc2)cc1. The van der Waals surface area contributed by atoms with Crippen LogP contribution in [0.15, 0.2) is 237 Å². The minimum absolute atomic E-state index is 0.506. The molecule has 0 saturated carbocycles. The van der Waals surface area contributed by atoms with Gasteiger partial charge in [-0.3, -0.25) is 0 Å². The third-order valence-electron chi connectivity index (χ3n) is 11.3. The van der Waals surface area contributed by atoms with Crippen LogP contribution in [0, 0.1) is 0 Å². The van der Waals surface area contributed by atoms with Crippen LogP contribution in [-0.2, 0) is 5.41 Å². The van der Waals surface area contributed by atoms with Crippen molar-refractivity contribution in [3.8, 4) is 44.5 Å². The summed E-state index contributed by atoms with van der Waals surface area (Å²) in [6, 6.07) is 86.3. The molecule has 0 atom stereocenters. The van der Waals surface area contributed by atoms with Gasteiger partial charge in [0.2, 0.25) is 0 Å². The summed E-state index contributed by atoms with van der Waals surface area (Å²) in [7, 11) is 0. The van der Waals surface area contributed by atoms with E-state index >= 15 is 0 Å². The topological polar surface area (TPSA) is 3.24 Å². The van der Waals surface area contributed by atoms with E-state index in [0.717, 1.165) is 17.1 Å². The summed E-state index contributed by atoms with van der Waals surface area (Å²) in [5, 5.41) is 0. The van der Waals surface area contributed by atoms with Gasteiger partial charge in [-0.25, -0.2) is 0 Å². The maximum atomic E-state index is 2.48. The molecule has 56 heavy (non-hydrogen) atoms. The molecule has 10 rings (SSSR count). The minimum Gasteiger partial charge on any atom is -0.310 e. The maximum Gasteiger partial charge on any atom is 0.0714 e. The smallest absolute Gasteiger partial charge is 0.0714 e. The molecule has 0 unspecified atom stereocenters. The highest BCUT2D eigenvalue weighted by Crippen LogP contribution is 2.59. The Labute approximate surface area is 329 Å². The van der Waals surface area contributed by atoms with E-state index in [-0.39, 0.29) is 0 Å². The second-order valence-corrected chi connectivity index (χ2v) is 14.5. The molecule has 0 amide bonds. The zero-order valence-electron chi connectivity index (χ0n) is 31.0. The van der Waals surface area contributed by atoms with Crippen LogP contribution in [0.2, 0.25) is 0 Å². The second kappa shape index (κ2) is 14.2. The van der Waals surface area contributed by atoms with Crippen molar-refractivity contribution in [1.29, 1.82) is 0 Å². The van der Waals surface area contributed by atoms with Crippen LogP contribution in [0.4, 0.5) is 17.1 Å². The predicted molar refractivity (Wildman–Crippen MR) is 235 cm³/mol. The summed E-state index contributed by atoms with van der Waals surface area (Å²) in [4.78, 5) is 2.48. The molecule has 9 aromatic rings. The molecule has 0 aliphatic heterocycles. The first-order valence-corrected chi connectivity index (χ1v) is 19.3. The van der Waals surface area contributed by atoms with Gasteiger partial charge in [0.05, 0.1) is 11.1 Å². The van der Waals surface area contributed by atoms with Gasteiger partial charge in [0.15, 0.2) is 0 Å². The highest BCUT2D eigenvalue weighted by atomic mass is 15.1. The third-order valence-corrected chi connectivity index (χ3v) is 11.3. The molecule has 0 fully saturated rings. The molecule has 0 radical (unpaired) electrons. The van der Waals surface area contributed by atoms with Gasteiger partial charge in [-0.1, -0.05) is 200 Å². The monoisotopic (exact) mass is 713 g/mol. The van der Waals surface area contributed by atoms with Crippen molar-refractivity contribution in [2.45, 2.75) is 5.41 Å². The Kier molecular flexibility index (Phi) is 8.46. The maximum absolute atomic E-state index is 2.48. The van der Waals surface area contributed by atoms with Gasteiger partial charge in [0.1, 0.15) is 0 Å². The molecular weight excluding hydrogens is 675 g/mol. The standard InChI is InChI=1S/C55H39N/c1-6-19-40(20-7-1)43-33-35-48(36-34-43)56(49-38-44(41-21-8-2-9-22-41)37-45(39-49)42-23-10-3-11-24-42)53-32-18-31-52-54(53)50-29-16-17-30-51(50)55(52,46-25-12-4-13-26-46)47-27-14-5-15-28-47/h1-39H. The third kappa shape index (κ3) is 5.65. The predicted octanol–water partition coefficient (Wildman–Crippen LogP) is 14.5. The Morgan fingerprint density at radius 3 is 1.25 bits per heavy atom. The summed E-state index contributed by atoms with van der Waals surface area (Å²) in [6.07, 6.45) is 0. The number of hydrogen-bond donors (Lipinski definition) is 0. The summed E-state index contributed by atoms with van der Waals surface area (Å²) in [5.74, 6) is 0. The molecule has 1 aliphatic carbocycles. The number of anilines is 3. The van der Waals surface area contributed by atoms with Crippen molar-refractivity contribution in [2.24, 2.45) is 0 Å². The second-order valence-electron chi connectivity index (χ2n) is 14.5. The van der Waals surface area contributed by atoms with Crippen molar-refractivity contribution in [2.75, 3.05) is 4.90 Å². The van der Waals surface area contributed by atoms with Crippen molar-refractivity contribution in [3.63, 3.8) is 0 Å². The van der Waals surface area contributed by atoms with Gasteiger partial charge in [0, 0.05) is 16.9 Å². The van der Waals surface area contributed by atoms with Crippen molar-refractivity contribution in [1.82, 2.24) is 0 Å². The highest BCUT2D eigenvalue weighted by molar-refractivity contribution is 5.98. The lowest BCUT2D eigenvalue weighted by molar-refractivity contribution is 0.768. The lowest BCUT2D eigenvalue weighted by Crippen LogP contribution is -2.28. The lowest BCUT2D eigenvalue weighted by atomic mass is 9.68. The Morgan fingerprint density at radius 1 is 0.286 bits per heavy atom. The fourth-order valence-corrected chi connectivity index (χ4v) is 8.86. The van der Waals surface area contributed by atoms with Crippen LogP contribution in [0.1, 0.15) is 22.3 Å². The fraction of sp³-hybridized carbons (Fsp3) is 0.0182. The Bertz CT molecular complexity index is 2660. The van der Waals surface area contributed by atoms with Crippen molar-refractivity contribution < 1.29 is 0 Å². The van der Waals surface area contributed by atoms with Gasteiger partial charge < -0.3 is 4.90 Å². The van der Waals surface area contributed by atoms with E-state index in [1.54, 1.807) is 0 Å². The molecule has 1 heteroatoms. The van der Waals surface area contributed by atoms with E-state index in [1.807, 2.05) is 0 Å². The van der Waals surface area contributed by atoms with Crippen LogP contribution in [0.3, 0.4) is 0 Å². The van der Waals surface area contributed by atoms with Crippen LogP contribution < -0.4 is 4.90 Å². The molecule has 0 spiro atoms. The number of fused-ring (bicyclic) bond motifs is 3. The number of rotatable bonds is 8. The van der Waals surface area contributed by atoms with E-state index in [4.69, 9.17) is 0 Å². The van der Waals surface area contributed by atoms with Crippen LogP contribution in [0.5, 0.6) is 0 Å². The zero-order valence-corrected chi connectivity index (χ0v) is 31.0. The summed E-state index contributed by atoms with van der Waals surface area (Å²) in [5.41, 5.74) is 17.5. The van der Waals surface area contributed by atoms with Crippen molar-refractivity contribution in [3.05, 3.63) is 259 Å². The average Bonchev–Trinajstić information content (AvgIpc) is 3.60. The molecular formula is C55H39N. The summed E-state index contributed by atoms with van der Waals surface area (Å²) in [6.45, 7) is 0. The van der Waals surface area contributed by atoms with Crippen molar-refractivity contribution >= 4 is 17.1 Å². The molecule has 1 aliphatic rings. The number of hydrogen-bond acceptors (Lipinski definition) is 1. The first-order chi connectivity index (χ1) is 27.8. The summed E-state index contributed by atoms with van der Waals surface area (Å²) < 4.78 is 0. The van der Waals surface area contributed by atoms with E-state index in [9.17, 15) is 0 Å². The summed E-state index contributed by atoms with van der Waals surface area (Å²) >= 11 is 0. The Balaban J connectivity index is 1.28. The van der Waals surface area contributed by atoms with E-state index in [2.05, 4.69) is 241 Å². The number of nitrogens with zero attached hydrogens (tertiary/aromatic N) is 1. The highest BCUT2D eigenvalue weighted by Gasteiger charge is 2.47. The Hall–Kier alpha value is -7.22. The van der Waals surface area contributed by atoms with Gasteiger partial charge in [-0.05, 0) is 97.6 Å². The number of benzene rings is 9. The van der Waals surface area contributed by atoms with Gasteiger partial charge in [-0.15, -0.1) is 0 Å². The van der Waals surface area contributed by atoms with Gasteiger partial charge in [0.25, 0.3) is 0 Å². The molecule has 0 saturated heterocycles. The molecule has 264 valence electrons. The normalized spacial score (nSPS) is 12.4. The molecule has 1 nitrogen and oxygen atoms in total. The van der Waals surface area contributed by atoms with E-state index in [0.29, 0.717) is 0 Å². The fourth-order valence-electron chi connectivity index (χ4n) is 8.86. The van der Waals surface area contributed by atoms with Gasteiger partial charge in [-0.2, -0.15) is 0 Å². The van der Waals surface area contributed by atoms with E-state index < -0.39 is 5.41 Å². The largest absolute Gasteiger partial charge is 0.310 e. The molecule has 0 N–H and O–H groups in total. The lowest BCUT2D eigenvalue weighted by Gasteiger charge is -2.34. The quantitative estimate of drug-likeness (QED) is 0.152.